The Kier molecular flexibility index (Phi) is 6.31. The zero-order valence-electron chi connectivity index (χ0n) is 19.9. The first-order valence-corrected chi connectivity index (χ1v) is 11.7. The molecule has 0 atom stereocenters. The van der Waals surface area contributed by atoms with Crippen LogP contribution in [0.25, 0.3) is 10.8 Å². The number of hydrogen-bond donors (Lipinski definition) is 1. The SMILES string of the molecule is Cc1cccc(C)c1OCc1ccc(C(=O)Nc2ccn(Cc3cccc4ccccc34)n2)cc1. The molecule has 0 aliphatic rings. The number of amides is 1. The highest BCUT2D eigenvalue weighted by Gasteiger charge is 2.10. The lowest BCUT2D eigenvalue weighted by atomic mass is 10.0. The second kappa shape index (κ2) is 9.85. The number of para-hydroxylation sites is 1. The van der Waals surface area contributed by atoms with Gasteiger partial charge in [0.25, 0.3) is 5.91 Å². The smallest absolute Gasteiger partial charge is 0.256 e. The van der Waals surface area contributed by atoms with E-state index in [1.165, 1.54) is 16.3 Å². The minimum atomic E-state index is -0.192. The second-order valence-electron chi connectivity index (χ2n) is 8.70. The number of carbonyl (C=O) groups excluding carboxylic acids is 1. The standard InChI is InChI=1S/C30H27N3O2/c1-21-7-5-8-22(2)29(21)35-20-23-13-15-25(16-14-23)30(34)31-28-17-18-33(32-28)19-26-11-6-10-24-9-3-4-12-27(24)26/h3-18H,19-20H2,1-2H3,(H,31,32,34). The van der Waals surface area contributed by atoms with Gasteiger partial charge < -0.3 is 10.1 Å². The molecule has 5 rings (SSSR count). The molecule has 35 heavy (non-hydrogen) atoms. The van der Waals surface area contributed by atoms with E-state index in [1.807, 2.05) is 85.4 Å². The highest BCUT2D eigenvalue weighted by molar-refractivity contribution is 6.03. The van der Waals surface area contributed by atoms with Crippen LogP contribution in [0.1, 0.15) is 32.6 Å². The lowest BCUT2D eigenvalue weighted by Crippen LogP contribution is -2.13. The molecule has 0 saturated carbocycles. The van der Waals surface area contributed by atoms with Gasteiger partial charge in [-0.15, -0.1) is 0 Å². The van der Waals surface area contributed by atoms with Crippen LogP contribution in [0.4, 0.5) is 5.82 Å². The van der Waals surface area contributed by atoms with Gasteiger partial charge in [0.1, 0.15) is 12.4 Å². The van der Waals surface area contributed by atoms with Crippen LogP contribution < -0.4 is 10.1 Å². The largest absolute Gasteiger partial charge is 0.488 e. The van der Waals surface area contributed by atoms with Crippen LogP contribution in [0.2, 0.25) is 0 Å². The van der Waals surface area contributed by atoms with Gasteiger partial charge in [0.2, 0.25) is 0 Å². The highest BCUT2D eigenvalue weighted by Crippen LogP contribution is 2.24. The molecule has 0 spiro atoms. The summed E-state index contributed by atoms with van der Waals surface area (Å²) in [4.78, 5) is 12.7. The van der Waals surface area contributed by atoms with Crippen molar-refractivity contribution >= 4 is 22.5 Å². The van der Waals surface area contributed by atoms with Gasteiger partial charge in [0, 0.05) is 17.8 Å². The fraction of sp³-hybridized carbons (Fsp3) is 0.133. The number of aromatic nitrogens is 2. The Bertz CT molecular complexity index is 1460. The van der Waals surface area contributed by atoms with Gasteiger partial charge in [0.15, 0.2) is 5.82 Å². The van der Waals surface area contributed by atoms with Crippen LogP contribution >= 0.6 is 0 Å². The Labute approximate surface area is 205 Å². The number of benzene rings is 4. The number of rotatable bonds is 7. The van der Waals surface area contributed by atoms with E-state index in [4.69, 9.17) is 4.74 Å². The van der Waals surface area contributed by atoms with Crippen molar-refractivity contribution in [3.05, 3.63) is 125 Å². The van der Waals surface area contributed by atoms with Crippen LogP contribution in [0.15, 0.2) is 97.2 Å². The fourth-order valence-electron chi connectivity index (χ4n) is 4.24. The Morgan fingerprint density at radius 3 is 2.37 bits per heavy atom. The van der Waals surface area contributed by atoms with E-state index in [0.717, 1.165) is 22.4 Å². The van der Waals surface area contributed by atoms with E-state index >= 15 is 0 Å². The second-order valence-corrected chi connectivity index (χ2v) is 8.70. The quantitative estimate of drug-likeness (QED) is 0.300. The van der Waals surface area contributed by atoms with Gasteiger partial charge in [-0.2, -0.15) is 5.10 Å². The summed E-state index contributed by atoms with van der Waals surface area (Å²) in [5.41, 5.74) is 4.98. The molecular formula is C30H27N3O2. The van der Waals surface area contributed by atoms with Crippen molar-refractivity contribution in [2.75, 3.05) is 5.32 Å². The zero-order valence-corrected chi connectivity index (χ0v) is 19.9. The van der Waals surface area contributed by atoms with Gasteiger partial charge in [-0.25, -0.2) is 0 Å². The van der Waals surface area contributed by atoms with E-state index in [-0.39, 0.29) is 5.91 Å². The molecule has 4 aromatic carbocycles. The van der Waals surface area contributed by atoms with Crippen molar-refractivity contribution in [1.82, 2.24) is 9.78 Å². The number of nitrogens with one attached hydrogen (secondary N) is 1. The Hall–Kier alpha value is -4.38. The Morgan fingerprint density at radius 2 is 1.57 bits per heavy atom. The number of ether oxygens (including phenoxy) is 1. The molecule has 1 amide bonds. The summed E-state index contributed by atoms with van der Waals surface area (Å²) in [6, 6.07) is 30.0. The molecule has 0 fully saturated rings. The summed E-state index contributed by atoms with van der Waals surface area (Å²) >= 11 is 0. The maximum Gasteiger partial charge on any atom is 0.256 e. The number of carbonyl (C=O) groups is 1. The Balaban J connectivity index is 1.21. The minimum Gasteiger partial charge on any atom is -0.488 e. The molecule has 5 aromatic rings. The highest BCUT2D eigenvalue weighted by atomic mass is 16.5. The molecule has 0 radical (unpaired) electrons. The maximum atomic E-state index is 12.7. The fourth-order valence-corrected chi connectivity index (χ4v) is 4.24. The van der Waals surface area contributed by atoms with Gasteiger partial charge in [-0.1, -0.05) is 72.8 Å². The molecule has 5 nitrogen and oxygen atoms in total. The van der Waals surface area contributed by atoms with E-state index in [1.54, 1.807) is 0 Å². The van der Waals surface area contributed by atoms with Gasteiger partial charge in [0.05, 0.1) is 6.54 Å². The molecule has 0 saturated heterocycles. The van der Waals surface area contributed by atoms with Crippen molar-refractivity contribution in [2.45, 2.75) is 27.0 Å². The topological polar surface area (TPSA) is 56.1 Å². The average molecular weight is 462 g/mol. The predicted octanol–water partition coefficient (Wildman–Crippen LogP) is 6.53. The average Bonchev–Trinajstić information content (AvgIpc) is 3.31. The van der Waals surface area contributed by atoms with E-state index < -0.39 is 0 Å². The van der Waals surface area contributed by atoms with Crippen LogP contribution in [0.3, 0.4) is 0 Å². The summed E-state index contributed by atoms with van der Waals surface area (Å²) in [6.07, 6.45) is 1.88. The molecule has 174 valence electrons. The molecule has 0 unspecified atom stereocenters. The van der Waals surface area contributed by atoms with Crippen molar-refractivity contribution in [3.8, 4) is 5.75 Å². The summed E-state index contributed by atoms with van der Waals surface area (Å²) in [6.45, 7) is 5.16. The molecule has 0 aliphatic heterocycles. The third-order valence-electron chi connectivity index (χ3n) is 6.10. The summed E-state index contributed by atoms with van der Waals surface area (Å²) < 4.78 is 7.85. The monoisotopic (exact) mass is 461 g/mol. The van der Waals surface area contributed by atoms with E-state index in [0.29, 0.717) is 24.5 Å². The normalized spacial score (nSPS) is 10.9. The maximum absolute atomic E-state index is 12.7. The van der Waals surface area contributed by atoms with Gasteiger partial charge >= 0.3 is 0 Å². The molecule has 0 aliphatic carbocycles. The van der Waals surface area contributed by atoms with Crippen molar-refractivity contribution in [3.63, 3.8) is 0 Å². The van der Waals surface area contributed by atoms with Crippen molar-refractivity contribution < 1.29 is 9.53 Å². The summed E-state index contributed by atoms with van der Waals surface area (Å²) in [7, 11) is 0. The van der Waals surface area contributed by atoms with E-state index in [2.05, 4.69) is 40.7 Å². The van der Waals surface area contributed by atoms with Crippen LogP contribution in [-0.2, 0) is 13.2 Å². The first kappa shape index (κ1) is 22.4. The molecule has 1 heterocycles. The molecule has 1 N–H and O–H groups in total. The van der Waals surface area contributed by atoms with Crippen LogP contribution in [0.5, 0.6) is 5.75 Å². The van der Waals surface area contributed by atoms with Crippen LogP contribution in [0, 0.1) is 13.8 Å². The molecule has 0 bridgehead atoms. The third-order valence-corrected chi connectivity index (χ3v) is 6.10. The van der Waals surface area contributed by atoms with Gasteiger partial charge in [-0.05, 0) is 59.0 Å². The molecule has 5 heteroatoms. The molecule has 1 aromatic heterocycles. The van der Waals surface area contributed by atoms with Gasteiger partial charge in [-0.3, -0.25) is 9.48 Å². The number of aryl methyl sites for hydroxylation is 2. The number of hydrogen-bond acceptors (Lipinski definition) is 3. The van der Waals surface area contributed by atoms with Crippen molar-refractivity contribution in [2.24, 2.45) is 0 Å². The summed E-state index contributed by atoms with van der Waals surface area (Å²) in [5, 5.41) is 9.84. The first-order chi connectivity index (χ1) is 17.1. The number of anilines is 1. The lowest BCUT2D eigenvalue weighted by Gasteiger charge is -2.12. The predicted molar refractivity (Wildman–Crippen MR) is 140 cm³/mol. The Morgan fingerprint density at radius 1 is 0.857 bits per heavy atom. The number of fused-ring (bicyclic) bond motifs is 1. The molecular weight excluding hydrogens is 434 g/mol. The summed E-state index contributed by atoms with van der Waals surface area (Å²) in [5.74, 6) is 1.24. The van der Waals surface area contributed by atoms with E-state index in [9.17, 15) is 4.79 Å². The van der Waals surface area contributed by atoms with Crippen molar-refractivity contribution in [1.29, 1.82) is 0 Å². The third kappa shape index (κ3) is 5.09. The first-order valence-electron chi connectivity index (χ1n) is 11.7. The number of nitrogens with zero attached hydrogens (tertiary/aromatic N) is 2. The lowest BCUT2D eigenvalue weighted by molar-refractivity contribution is 0.102. The minimum absolute atomic E-state index is 0.192. The van der Waals surface area contributed by atoms with Crippen LogP contribution in [-0.4, -0.2) is 15.7 Å². The zero-order chi connectivity index (χ0) is 24.2.